The summed E-state index contributed by atoms with van der Waals surface area (Å²) in [5.41, 5.74) is -0.657. The number of aliphatic imine (C=N–C) groups is 1. The van der Waals surface area contributed by atoms with E-state index in [1.165, 1.54) is 43.3 Å². The maximum absolute atomic E-state index is 17.1. The Labute approximate surface area is 308 Å². The third-order valence-corrected chi connectivity index (χ3v) is 12.8. The number of phenolic OH excluding ortho intramolecular Hbond substituents is 1. The van der Waals surface area contributed by atoms with Gasteiger partial charge in [-0.3, -0.25) is 9.88 Å². The van der Waals surface area contributed by atoms with E-state index in [1.807, 2.05) is 4.90 Å². The molecule has 1 aromatic heterocycles. The monoisotopic (exact) mass is 727 g/mol. The molecule has 6 aliphatic rings. The first-order chi connectivity index (χ1) is 25.6. The molecule has 10 nitrogen and oxygen atoms in total. The van der Waals surface area contributed by atoms with E-state index < -0.39 is 23.6 Å². The number of benzene rings is 2. The van der Waals surface area contributed by atoms with Crippen molar-refractivity contribution in [1.82, 2.24) is 14.8 Å². The third-order valence-electron chi connectivity index (χ3n) is 12.8. The third kappa shape index (κ3) is 6.15. The number of nitrogens with zero attached hydrogens (tertiary/aromatic N) is 4. The maximum Gasteiger partial charge on any atom is 0.227 e. The van der Waals surface area contributed by atoms with Crippen LogP contribution in [0.15, 0.2) is 35.5 Å². The predicted octanol–water partition coefficient (Wildman–Crippen LogP) is 5.48. The molecule has 9 rings (SSSR count). The standard InChI is InChI=1S/C41H47F2N5O5/c1-3-29-32(42)8-7-24-16-28(49)17-30(34(24)29)36-35(43)37-31(18-44-36)38(47-12-13-51-22-40(2,50)21-47)46-39(45-37)53-23-41-9-4-6-33(41)48(11-5-10-41)27-14-25-19-52-20-26(25)15-27/h1,7-8,16-18,25-27,33,39,45,49-50H,4-6,9-15,19-23H2,2H3/t25-,26?,27?,33-,39?,40+,41-/m1/s1. The quantitative estimate of drug-likeness (QED) is 0.295. The van der Waals surface area contributed by atoms with Crippen LogP contribution in [0.2, 0.25) is 0 Å². The molecule has 0 amide bonds. The highest BCUT2D eigenvalue weighted by atomic mass is 19.1. The first kappa shape index (κ1) is 34.9. The Morgan fingerprint density at radius 2 is 1.91 bits per heavy atom. The molecule has 4 aliphatic heterocycles. The van der Waals surface area contributed by atoms with Gasteiger partial charge in [-0.25, -0.2) is 13.8 Å². The van der Waals surface area contributed by atoms with Crippen LogP contribution in [0.25, 0.3) is 22.0 Å². The van der Waals surface area contributed by atoms with Crippen LogP contribution in [-0.2, 0) is 14.2 Å². The normalized spacial score (nSPS) is 32.8. The van der Waals surface area contributed by atoms with Gasteiger partial charge in [-0.1, -0.05) is 18.4 Å². The van der Waals surface area contributed by atoms with Gasteiger partial charge in [-0.15, -0.1) is 6.42 Å². The highest BCUT2D eigenvalue weighted by Crippen LogP contribution is 2.51. The fourth-order valence-corrected chi connectivity index (χ4v) is 10.4. The van der Waals surface area contributed by atoms with Gasteiger partial charge in [0.25, 0.3) is 0 Å². The van der Waals surface area contributed by atoms with Gasteiger partial charge in [0.15, 0.2) is 5.82 Å². The summed E-state index contributed by atoms with van der Waals surface area (Å²) in [5.74, 6) is 2.71. The molecular formula is C41H47F2N5O5. The predicted molar refractivity (Wildman–Crippen MR) is 196 cm³/mol. The molecule has 53 heavy (non-hydrogen) atoms. The van der Waals surface area contributed by atoms with E-state index in [1.54, 1.807) is 6.92 Å². The zero-order valence-corrected chi connectivity index (χ0v) is 30.1. The molecule has 5 heterocycles. The summed E-state index contributed by atoms with van der Waals surface area (Å²) in [6, 6.07) is 6.56. The van der Waals surface area contributed by atoms with Gasteiger partial charge in [0.2, 0.25) is 6.35 Å². The lowest BCUT2D eigenvalue weighted by Crippen LogP contribution is -2.55. The van der Waals surface area contributed by atoms with Gasteiger partial charge in [-0.05, 0) is 87.4 Å². The average Bonchev–Trinajstić information content (AvgIpc) is 3.85. The van der Waals surface area contributed by atoms with E-state index >= 15 is 4.39 Å². The Kier molecular flexibility index (Phi) is 8.86. The van der Waals surface area contributed by atoms with Crippen LogP contribution < -0.4 is 5.32 Å². The van der Waals surface area contributed by atoms with Crippen molar-refractivity contribution in [2.24, 2.45) is 22.2 Å². The molecule has 3 saturated heterocycles. The molecule has 0 spiro atoms. The summed E-state index contributed by atoms with van der Waals surface area (Å²) in [4.78, 5) is 14.3. The lowest BCUT2D eigenvalue weighted by molar-refractivity contribution is -0.0662. The molecule has 0 radical (unpaired) electrons. The number of nitrogens with one attached hydrogen (secondary N) is 1. The zero-order chi connectivity index (χ0) is 36.5. The van der Waals surface area contributed by atoms with Gasteiger partial charge in [-0.2, -0.15) is 0 Å². The number of fused-ring (bicyclic) bond motifs is 4. The second-order valence-electron chi connectivity index (χ2n) is 16.4. The fourth-order valence-electron chi connectivity index (χ4n) is 10.4. The number of ether oxygens (including phenoxy) is 3. The second kappa shape index (κ2) is 13.5. The number of likely N-dealkylation sites (tertiary alicyclic amines) is 1. The number of β-amino-alcohol motifs (C(OH)–C–C–N with tert-alkyl or cyclic N) is 1. The lowest BCUT2D eigenvalue weighted by atomic mass is 9.75. The average molecular weight is 728 g/mol. The van der Waals surface area contributed by atoms with Crippen LogP contribution in [0.1, 0.15) is 63.0 Å². The largest absolute Gasteiger partial charge is 0.508 e. The number of hydrogen-bond donors (Lipinski definition) is 3. The number of amidine groups is 1. The number of hydrogen-bond acceptors (Lipinski definition) is 10. The Morgan fingerprint density at radius 1 is 1.09 bits per heavy atom. The Bertz CT molecular complexity index is 1990. The van der Waals surface area contributed by atoms with E-state index in [0.717, 1.165) is 51.9 Å². The smallest absolute Gasteiger partial charge is 0.227 e. The molecule has 5 fully saturated rings. The molecule has 0 bridgehead atoms. The number of terminal acetylenes is 1. The molecule has 2 saturated carbocycles. The molecular weight excluding hydrogens is 680 g/mol. The van der Waals surface area contributed by atoms with Crippen molar-refractivity contribution >= 4 is 22.3 Å². The molecule has 7 atom stereocenters. The van der Waals surface area contributed by atoms with Gasteiger partial charge in [0.05, 0.1) is 43.2 Å². The van der Waals surface area contributed by atoms with E-state index in [0.29, 0.717) is 60.5 Å². The van der Waals surface area contributed by atoms with Gasteiger partial charge in [0, 0.05) is 54.4 Å². The number of aliphatic hydroxyl groups is 1. The highest BCUT2D eigenvalue weighted by molar-refractivity contribution is 6.06. The van der Waals surface area contributed by atoms with Crippen molar-refractivity contribution in [3.8, 4) is 29.4 Å². The minimum atomic E-state index is -1.17. The van der Waals surface area contributed by atoms with Crippen molar-refractivity contribution in [2.45, 2.75) is 75.9 Å². The van der Waals surface area contributed by atoms with Crippen LogP contribution in [0.5, 0.6) is 5.75 Å². The van der Waals surface area contributed by atoms with E-state index in [2.05, 4.69) is 21.1 Å². The van der Waals surface area contributed by atoms with Crippen LogP contribution >= 0.6 is 0 Å². The molecule has 3 N–H and O–H groups in total. The first-order valence-corrected chi connectivity index (χ1v) is 19.1. The number of aromatic hydroxyl groups is 1. The minimum Gasteiger partial charge on any atom is -0.508 e. The van der Waals surface area contributed by atoms with Gasteiger partial charge in [0.1, 0.15) is 28.7 Å². The van der Waals surface area contributed by atoms with E-state index in [9.17, 15) is 14.6 Å². The summed E-state index contributed by atoms with van der Waals surface area (Å²) in [5, 5.41) is 25.8. The van der Waals surface area contributed by atoms with Crippen molar-refractivity contribution in [3.63, 3.8) is 0 Å². The zero-order valence-electron chi connectivity index (χ0n) is 30.1. The number of phenols is 1. The fraction of sp³-hybridized carbons (Fsp3) is 0.561. The summed E-state index contributed by atoms with van der Waals surface area (Å²) in [7, 11) is 0. The summed E-state index contributed by atoms with van der Waals surface area (Å²) >= 11 is 0. The van der Waals surface area contributed by atoms with Gasteiger partial charge >= 0.3 is 0 Å². The molecule has 2 aliphatic carbocycles. The summed E-state index contributed by atoms with van der Waals surface area (Å²) < 4.78 is 50.4. The molecule has 3 aromatic rings. The van der Waals surface area contributed by atoms with E-state index in [-0.39, 0.29) is 52.2 Å². The lowest BCUT2D eigenvalue weighted by Gasteiger charge is -2.49. The molecule has 3 unspecified atom stereocenters. The molecule has 12 heteroatoms. The number of piperidine rings is 1. The van der Waals surface area contributed by atoms with Crippen LogP contribution in [0, 0.1) is 41.2 Å². The maximum atomic E-state index is 17.1. The van der Waals surface area contributed by atoms with E-state index in [4.69, 9.17) is 25.6 Å². The number of aromatic nitrogens is 1. The summed E-state index contributed by atoms with van der Waals surface area (Å²) in [6.07, 6.45) is 14.3. The second-order valence-corrected chi connectivity index (χ2v) is 16.4. The topological polar surface area (TPSA) is 112 Å². The van der Waals surface area contributed by atoms with Crippen LogP contribution in [-0.4, -0.2) is 108 Å². The van der Waals surface area contributed by atoms with Crippen molar-refractivity contribution < 1.29 is 33.2 Å². The molecule has 280 valence electrons. The number of pyridine rings is 1. The van der Waals surface area contributed by atoms with Crippen molar-refractivity contribution in [1.29, 1.82) is 0 Å². The highest BCUT2D eigenvalue weighted by Gasteiger charge is 2.52. The van der Waals surface area contributed by atoms with Gasteiger partial charge < -0.3 is 34.6 Å². The number of halogens is 2. The Balaban J connectivity index is 1.07. The van der Waals surface area contributed by atoms with Crippen LogP contribution in [0.3, 0.4) is 0 Å². The van der Waals surface area contributed by atoms with Crippen molar-refractivity contribution in [3.05, 3.63) is 53.2 Å². The number of rotatable bonds is 5. The summed E-state index contributed by atoms with van der Waals surface area (Å²) in [6.45, 7) is 6.20. The molecule has 2 aromatic carbocycles. The Hall–Kier alpha value is -3.86. The first-order valence-electron chi connectivity index (χ1n) is 19.1. The van der Waals surface area contributed by atoms with Crippen LogP contribution in [0.4, 0.5) is 14.5 Å². The minimum absolute atomic E-state index is 0.0255. The van der Waals surface area contributed by atoms with Crippen molar-refractivity contribution in [2.75, 3.05) is 58.0 Å². The Morgan fingerprint density at radius 3 is 2.72 bits per heavy atom. The number of anilines is 1. The SMILES string of the molecule is C#Cc1c(F)ccc2cc(O)cc(-c3ncc4c(c3F)NC(OC[C@]35CCC[C@H]3N(C3CC6COC[C@H]6C3)CCC5)N=C4N3CCOC[C@@](C)(O)C3)c12.